The van der Waals surface area contributed by atoms with Gasteiger partial charge >= 0.3 is 0 Å². The van der Waals surface area contributed by atoms with E-state index in [1.54, 1.807) is 6.92 Å². The van der Waals surface area contributed by atoms with E-state index in [0.29, 0.717) is 12.8 Å². The molecule has 0 aromatic rings. The van der Waals surface area contributed by atoms with Crippen LogP contribution in [0.1, 0.15) is 52.9 Å². The van der Waals surface area contributed by atoms with Crippen LogP contribution >= 0.6 is 0 Å². The summed E-state index contributed by atoms with van der Waals surface area (Å²) in [5, 5.41) is 14.4. The summed E-state index contributed by atoms with van der Waals surface area (Å²) in [5.41, 5.74) is 4.80. The van der Waals surface area contributed by atoms with Crippen molar-refractivity contribution in [1.82, 2.24) is 5.32 Å². The summed E-state index contributed by atoms with van der Waals surface area (Å²) in [6.45, 7) is 5.72. The fraction of sp³-hybridized carbons (Fsp3) is 0.818. The second kappa shape index (κ2) is 7.09. The topological polar surface area (TPSA) is 87.7 Å². The van der Waals surface area contributed by atoms with Gasteiger partial charge in [-0.1, -0.05) is 31.8 Å². The summed E-state index contributed by atoms with van der Waals surface area (Å²) >= 11 is 0. The Labute approximate surface area is 97.1 Å². The third-order valence-corrected chi connectivity index (χ3v) is 2.80. The van der Waals surface area contributed by atoms with E-state index in [9.17, 15) is 4.79 Å². The highest BCUT2D eigenvalue weighted by molar-refractivity contribution is 5.93. The lowest BCUT2D eigenvalue weighted by atomic mass is 9.97. The molecular weight excluding hydrogens is 206 g/mol. The quantitative estimate of drug-likeness (QED) is 0.204. The predicted molar refractivity (Wildman–Crippen MR) is 64.4 cm³/mol. The average molecular weight is 229 g/mol. The van der Waals surface area contributed by atoms with Crippen LogP contribution < -0.4 is 11.1 Å². The lowest BCUT2D eigenvalue weighted by Gasteiger charge is -2.28. The van der Waals surface area contributed by atoms with Gasteiger partial charge in [-0.2, -0.15) is 0 Å². The number of nitrogens with one attached hydrogen (secondary N) is 1. The zero-order chi connectivity index (χ0) is 12.6. The molecule has 0 rings (SSSR count). The maximum absolute atomic E-state index is 11.6. The van der Waals surface area contributed by atoms with E-state index in [1.807, 2.05) is 6.92 Å². The Morgan fingerprint density at radius 3 is 2.50 bits per heavy atom. The zero-order valence-electron chi connectivity index (χ0n) is 10.4. The first-order valence-corrected chi connectivity index (χ1v) is 5.79. The van der Waals surface area contributed by atoms with E-state index in [4.69, 9.17) is 10.9 Å². The van der Waals surface area contributed by atoms with Crippen LogP contribution in [0.25, 0.3) is 0 Å². The normalized spacial score (nSPS) is 15.6. The molecule has 16 heavy (non-hydrogen) atoms. The van der Waals surface area contributed by atoms with Crippen molar-refractivity contribution in [2.45, 2.75) is 58.4 Å². The summed E-state index contributed by atoms with van der Waals surface area (Å²) in [5.74, 6) is -0.0109. The molecule has 0 spiro atoms. The fourth-order valence-electron chi connectivity index (χ4n) is 1.35. The molecule has 4 N–H and O–H groups in total. The Morgan fingerprint density at radius 2 is 2.06 bits per heavy atom. The van der Waals surface area contributed by atoms with Crippen molar-refractivity contribution < 1.29 is 10.0 Å². The predicted octanol–water partition coefficient (Wildman–Crippen LogP) is 1.60. The molecule has 0 saturated carbocycles. The number of rotatable bonds is 7. The lowest BCUT2D eigenvalue weighted by Crippen LogP contribution is -2.55. The number of nitrogens with zero attached hydrogens (tertiary/aromatic N) is 1. The van der Waals surface area contributed by atoms with Crippen LogP contribution in [0, 0.1) is 0 Å². The third-order valence-electron chi connectivity index (χ3n) is 2.80. The van der Waals surface area contributed by atoms with Gasteiger partial charge in [0.25, 0.3) is 0 Å². The highest BCUT2D eigenvalue weighted by Gasteiger charge is 2.29. The molecule has 1 atom stereocenters. The molecule has 1 unspecified atom stereocenters. The van der Waals surface area contributed by atoms with Gasteiger partial charge in [-0.05, 0) is 19.8 Å². The van der Waals surface area contributed by atoms with Gasteiger partial charge in [0.1, 0.15) is 0 Å². The second-order valence-electron chi connectivity index (χ2n) is 4.18. The first kappa shape index (κ1) is 14.7. The van der Waals surface area contributed by atoms with Crippen LogP contribution in [0.4, 0.5) is 0 Å². The molecule has 0 radical (unpaired) electrons. The van der Waals surface area contributed by atoms with Gasteiger partial charge in [0.2, 0.25) is 5.91 Å². The number of carbonyl (C=O) groups is 1. The first-order valence-electron chi connectivity index (χ1n) is 5.79. The molecule has 0 aliphatic carbocycles. The zero-order valence-corrected chi connectivity index (χ0v) is 10.4. The lowest BCUT2D eigenvalue weighted by molar-refractivity contribution is -0.122. The first-order chi connectivity index (χ1) is 7.50. The van der Waals surface area contributed by atoms with Crippen LogP contribution in [-0.2, 0) is 4.79 Å². The standard InChI is InChI=1S/C11H23N3O2/c1-4-6-7-8-9(15)13-11(3,5-2)10(12)14-16/h16H,4-8H2,1-3H3,(H2,12,14)(H,13,15). The molecule has 1 amide bonds. The van der Waals surface area contributed by atoms with Crippen LogP contribution in [-0.4, -0.2) is 22.5 Å². The smallest absolute Gasteiger partial charge is 0.220 e. The molecule has 5 nitrogen and oxygen atoms in total. The van der Waals surface area contributed by atoms with E-state index in [-0.39, 0.29) is 11.7 Å². The van der Waals surface area contributed by atoms with Crippen molar-refractivity contribution in [3.05, 3.63) is 0 Å². The minimum Gasteiger partial charge on any atom is -0.409 e. The third kappa shape index (κ3) is 4.51. The molecule has 94 valence electrons. The molecule has 5 heteroatoms. The molecule has 0 fully saturated rings. The van der Waals surface area contributed by atoms with Gasteiger partial charge in [0.15, 0.2) is 5.84 Å². The molecule has 0 bridgehead atoms. The molecule has 0 aromatic heterocycles. The van der Waals surface area contributed by atoms with Gasteiger partial charge in [-0.15, -0.1) is 0 Å². The van der Waals surface area contributed by atoms with Crippen molar-refractivity contribution in [1.29, 1.82) is 0 Å². The summed E-state index contributed by atoms with van der Waals surface area (Å²) in [6, 6.07) is 0. The summed E-state index contributed by atoms with van der Waals surface area (Å²) < 4.78 is 0. The van der Waals surface area contributed by atoms with Gasteiger partial charge in [-0.25, -0.2) is 0 Å². The van der Waals surface area contributed by atoms with E-state index in [1.165, 1.54) is 0 Å². The molecular formula is C11H23N3O2. The largest absolute Gasteiger partial charge is 0.409 e. The minimum atomic E-state index is -0.752. The van der Waals surface area contributed by atoms with Gasteiger partial charge in [0.05, 0.1) is 5.54 Å². The van der Waals surface area contributed by atoms with Crippen LogP contribution in [0.15, 0.2) is 5.16 Å². The van der Waals surface area contributed by atoms with E-state index >= 15 is 0 Å². The summed E-state index contributed by atoms with van der Waals surface area (Å²) in [4.78, 5) is 11.6. The molecule has 0 aliphatic heterocycles. The Kier molecular flexibility index (Phi) is 6.53. The molecule has 0 saturated heterocycles. The molecule has 0 heterocycles. The van der Waals surface area contributed by atoms with Crippen LogP contribution in [0.5, 0.6) is 0 Å². The van der Waals surface area contributed by atoms with Crippen molar-refractivity contribution in [3.8, 4) is 0 Å². The Hall–Kier alpha value is -1.26. The average Bonchev–Trinajstić information content (AvgIpc) is 2.28. The van der Waals surface area contributed by atoms with Crippen LogP contribution in [0.3, 0.4) is 0 Å². The fourth-order valence-corrected chi connectivity index (χ4v) is 1.35. The SMILES string of the molecule is CCCCCC(=O)NC(C)(CC)/C(N)=N/O. The van der Waals surface area contributed by atoms with E-state index in [2.05, 4.69) is 17.4 Å². The van der Waals surface area contributed by atoms with Crippen molar-refractivity contribution in [3.63, 3.8) is 0 Å². The van der Waals surface area contributed by atoms with Crippen LogP contribution in [0.2, 0.25) is 0 Å². The number of hydrogen-bond acceptors (Lipinski definition) is 3. The Morgan fingerprint density at radius 1 is 1.44 bits per heavy atom. The highest BCUT2D eigenvalue weighted by Crippen LogP contribution is 2.10. The maximum atomic E-state index is 11.6. The molecule has 0 aliphatic rings. The minimum absolute atomic E-state index is 0.0406. The summed E-state index contributed by atoms with van der Waals surface area (Å²) in [7, 11) is 0. The Bertz CT molecular complexity index is 254. The van der Waals surface area contributed by atoms with Gasteiger partial charge in [0, 0.05) is 6.42 Å². The highest BCUT2D eigenvalue weighted by atomic mass is 16.4. The number of amides is 1. The number of hydrogen-bond donors (Lipinski definition) is 3. The number of nitrogens with two attached hydrogens (primary N) is 1. The van der Waals surface area contributed by atoms with Crippen molar-refractivity contribution in [2.24, 2.45) is 10.9 Å². The molecule has 0 aromatic carbocycles. The van der Waals surface area contributed by atoms with E-state index < -0.39 is 5.54 Å². The van der Waals surface area contributed by atoms with Gasteiger partial charge in [-0.3, -0.25) is 4.79 Å². The maximum Gasteiger partial charge on any atom is 0.220 e. The summed E-state index contributed by atoms with van der Waals surface area (Å²) in [6.07, 6.45) is 4.07. The number of oxime groups is 1. The number of unbranched alkanes of at least 4 members (excludes halogenated alkanes) is 2. The monoisotopic (exact) mass is 229 g/mol. The van der Waals surface area contributed by atoms with Crippen molar-refractivity contribution >= 4 is 11.7 Å². The Balaban J connectivity index is 4.27. The number of carbonyl (C=O) groups excluding carboxylic acids is 1. The number of amidine groups is 1. The second-order valence-corrected chi connectivity index (χ2v) is 4.18. The van der Waals surface area contributed by atoms with E-state index in [0.717, 1.165) is 19.3 Å². The van der Waals surface area contributed by atoms with Gasteiger partial charge < -0.3 is 16.3 Å². The van der Waals surface area contributed by atoms with Crippen molar-refractivity contribution in [2.75, 3.05) is 0 Å².